The van der Waals surface area contributed by atoms with E-state index >= 15 is 0 Å². The van der Waals surface area contributed by atoms with Crippen molar-refractivity contribution in [2.45, 2.75) is 50.8 Å². The molecular weight excluding hydrogens is 486 g/mol. The second-order valence-corrected chi connectivity index (χ2v) is 11.8. The van der Waals surface area contributed by atoms with E-state index in [-0.39, 0.29) is 17.3 Å². The first-order valence-electron chi connectivity index (χ1n) is 12.7. The Hall–Kier alpha value is -3.36. The number of rotatable bonds is 7. The number of carbonyl (C=O) groups is 1. The maximum atomic E-state index is 13.7. The number of nitrogens with zero attached hydrogens (tertiary/aromatic N) is 2. The highest BCUT2D eigenvalue weighted by Gasteiger charge is 2.37. The van der Waals surface area contributed by atoms with E-state index in [1.54, 1.807) is 36.4 Å². The number of fused-ring (bicyclic) bond motifs is 1. The van der Waals surface area contributed by atoms with Crippen molar-refractivity contribution in [1.29, 1.82) is 0 Å². The van der Waals surface area contributed by atoms with Crippen molar-refractivity contribution >= 4 is 21.6 Å². The quantitative estimate of drug-likeness (QED) is 0.507. The van der Waals surface area contributed by atoms with E-state index < -0.39 is 16.1 Å². The molecular formula is C29H33N3O4S. The van der Waals surface area contributed by atoms with Crippen LogP contribution in [-0.4, -0.2) is 45.0 Å². The van der Waals surface area contributed by atoms with Crippen LogP contribution in [0, 0.1) is 13.8 Å². The molecule has 2 heterocycles. The lowest BCUT2D eigenvalue weighted by atomic mass is 10.1. The fraction of sp³-hybridized carbons (Fsp3) is 0.345. The molecule has 3 aromatic carbocycles. The molecule has 194 valence electrons. The van der Waals surface area contributed by atoms with E-state index in [9.17, 15) is 13.2 Å². The van der Waals surface area contributed by atoms with E-state index in [1.165, 1.54) is 22.7 Å². The molecule has 7 nitrogen and oxygen atoms in total. The van der Waals surface area contributed by atoms with Gasteiger partial charge in [0.1, 0.15) is 5.75 Å². The molecule has 8 heteroatoms. The van der Waals surface area contributed by atoms with E-state index in [0.29, 0.717) is 18.0 Å². The van der Waals surface area contributed by atoms with Crippen LogP contribution in [0.15, 0.2) is 71.6 Å². The monoisotopic (exact) mass is 519 g/mol. The summed E-state index contributed by atoms with van der Waals surface area (Å²) in [5.74, 6) is 0.0356. The summed E-state index contributed by atoms with van der Waals surface area (Å²) in [6.45, 7) is 7.12. The zero-order valence-corrected chi connectivity index (χ0v) is 22.1. The van der Waals surface area contributed by atoms with Gasteiger partial charge in [-0.3, -0.25) is 14.0 Å². The average molecular weight is 520 g/mol. The van der Waals surface area contributed by atoms with Gasteiger partial charge in [-0.1, -0.05) is 48.0 Å². The van der Waals surface area contributed by atoms with Gasteiger partial charge < -0.3 is 10.1 Å². The minimum Gasteiger partial charge on any atom is -0.476 e. The second kappa shape index (κ2) is 10.6. The van der Waals surface area contributed by atoms with Crippen molar-refractivity contribution in [3.8, 4) is 5.75 Å². The predicted octanol–water partition coefficient (Wildman–Crippen LogP) is 4.17. The van der Waals surface area contributed by atoms with E-state index in [4.69, 9.17) is 4.74 Å². The first-order chi connectivity index (χ1) is 17.8. The van der Waals surface area contributed by atoms with Gasteiger partial charge in [0, 0.05) is 13.1 Å². The normalized spacial score (nSPS) is 17.8. The number of hydrogen-bond donors (Lipinski definition) is 1. The van der Waals surface area contributed by atoms with Crippen molar-refractivity contribution in [2.24, 2.45) is 0 Å². The van der Waals surface area contributed by atoms with Crippen LogP contribution in [0.4, 0.5) is 5.69 Å². The third-order valence-corrected chi connectivity index (χ3v) is 8.84. The minimum atomic E-state index is -3.89. The van der Waals surface area contributed by atoms with Crippen molar-refractivity contribution < 1.29 is 17.9 Å². The molecule has 5 rings (SSSR count). The number of benzene rings is 3. The van der Waals surface area contributed by atoms with Crippen LogP contribution in [0.1, 0.15) is 35.1 Å². The van der Waals surface area contributed by atoms with Gasteiger partial charge in [-0.05, 0) is 80.7 Å². The van der Waals surface area contributed by atoms with Gasteiger partial charge in [-0.2, -0.15) is 0 Å². The van der Waals surface area contributed by atoms with Crippen molar-refractivity contribution in [2.75, 3.05) is 23.9 Å². The molecule has 0 aliphatic carbocycles. The third-order valence-electron chi connectivity index (χ3n) is 7.05. The zero-order valence-electron chi connectivity index (χ0n) is 21.3. The Morgan fingerprint density at radius 1 is 0.946 bits per heavy atom. The Balaban J connectivity index is 1.36. The molecule has 1 amide bonds. The Labute approximate surface area is 219 Å². The number of nitrogens with one attached hydrogen (secondary N) is 1. The van der Waals surface area contributed by atoms with Crippen molar-refractivity contribution in [1.82, 2.24) is 10.2 Å². The van der Waals surface area contributed by atoms with Crippen LogP contribution in [0.3, 0.4) is 0 Å². The van der Waals surface area contributed by atoms with Gasteiger partial charge in [0.05, 0.1) is 17.1 Å². The Morgan fingerprint density at radius 2 is 1.62 bits per heavy atom. The molecule has 0 bridgehead atoms. The number of carbonyl (C=O) groups excluding carboxylic acids is 1. The lowest BCUT2D eigenvalue weighted by molar-refractivity contribution is -0.127. The molecule has 1 unspecified atom stereocenters. The standard InChI is InChI=1S/C29H33N3O4S/c1-21-9-12-25(13-10-21)37(34,35)32-20-28(36-27-14-11-22(2)17-26(27)32)29(33)30-18-23-7-3-4-8-24(23)19-31-15-5-6-16-31/h3-4,7-14,17,28H,5-6,15-16,18-20H2,1-2H3,(H,30,33). The first kappa shape index (κ1) is 25.3. The van der Waals surface area contributed by atoms with Gasteiger partial charge in [0.15, 0.2) is 6.10 Å². The highest BCUT2D eigenvalue weighted by Crippen LogP contribution is 2.37. The fourth-order valence-corrected chi connectivity index (χ4v) is 6.39. The summed E-state index contributed by atoms with van der Waals surface area (Å²) >= 11 is 0. The summed E-state index contributed by atoms with van der Waals surface area (Å²) in [7, 11) is -3.89. The molecule has 1 N–H and O–H groups in total. The maximum absolute atomic E-state index is 13.7. The van der Waals surface area contributed by atoms with Gasteiger partial charge in [-0.15, -0.1) is 0 Å². The Morgan fingerprint density at radius 3 is 2.35 bits per heavy atom. The van der Waals surface area contributed by atoms with Crippen molar-refractivity contribution in [3.63, 3.8) is 0 Å². The predicted molar refractivity (Wildman–Crippen MR) is 144 cm³/mol. The summed E-state index contributed by atoms with van der Waals surface area (Å²) in [6.07, 6.45) is 1.48. The zero-order chi connectivity index (χ0) is 26.0. The number of likely N-dealkylation sites (tertiary alicyclic amines) is 1. The number of anilines is 1. The van der Waals surface area contributed by atoms with Crippen LogP contribution in [-0.2, 0) is 27.9 Å². The van der Waals surface area contributed by atoms with Crippen LogP contribution < -0.4 is 14.4 Å². The lowest BCUT2D eigenvalue weighted by Gasteiger charge is -2.35. The highest BCUT2D eigenvalue weighted by atomic mass is 32.2. The molecule has 1 saturated heterocycles. The molecule has 2 aliphatic rings. The largest absolute Gasteiger partial charge is 0.476 e. The number of amides is 1. The van der Waals surface area contributed by atoms with Gasteiger partial charge in [-0.25, -0.2) is 8.42 Å². The molecule has 3 aromatic rings. The SMILES string of the molecule is Cc1ccc(S(=O)(=O)N2CC(C(=O)NCc3ccccc3CN3CCCC3)Oc3ccc(C)cc32)cc1. The second-order valence-electron chi connectivity index (χ2n) is 9.90. The lowest BCUT2D eigenvalue weighted by Crippen LogP contribution is -2.50. The Bertz CT molecular complexity index is 1380. The molecule has 1 fully saturated rings. The topological polar surface area (TPSA) is 79.0 Å². The van der Waals surface area contributed by atoms with Crippen LogP contribution >= 0.6 is 0 Å². The van der Waals surface area contributed by atoms with Crippen molar-refractivity contribution in [3.05, 3.63) is 89.0 Å². The summed E-state index contributed by atoms with van der Waals surface area (Å²) in [5, 5.41) is 2.99. The molecule has 2 aliphatic heterocycles. The summed E-state index contributed by atoms with van der Waals surface area (Å²) in [5.41, 5.74) is 4.57. The summed E-state index contributed by atoms with van der Waals surface area (Å²) < 4.78 is 34.7. The first-order valence-corrected chi connectivity index (χ1v) is 14.2. The van der Waals surface area contributed by atoms with Gasteiger partial charge in [0.25, 0.3) is 15.9 Å². The Kier molecular flexibility index (Phi) is 7.22. The van der Waals surface area contributed by atoms with Gasteiger partial charge in [0.2, 0.25) is 0 Å². The average Bonchev–Trinajstić information content (AvgIpc) is 3.40. The number of hydrogen-bond acceptors (Lipinski definition) is 5. The summed E-state index contributed by atoms with van der Waals surface area (Å²) in [4.78, 5) is 15.9. The number of ether oxygens (including phenoxy) is 1. The highest BCUT2D eigenvalue weighted by molar-refractivity contribution is 7.92. The smallest absolute Gasteiger partial charge is 0.264 e. The molecule has 37 heavy (non-hydrogen) atoms. The van der Waals surface area contributed by atoms with E-state index in [0.717, 1.165) is 36.3 Å². The van der Waals surface area contributed by atoms with Gasteiger partial charge >= 0.3 is 0 Å². The fourth-order valence-electron chi connectivity index (χ4n) is 4.92. The molecule has 1 atom stereocenters. The minimum absolute atomic E-state index is 0.103. The molecule has 0 aromatic heterocycles. The number of sulfonamides is 1. The third kappa shape index (κ3) is 5.50. The van der Waals surface area contributed by atoms with Crippen LogP contribution in [0.5, 0.6) is 5.75 Å². The van der Waals surface area contributed by atoms with E-state index in [2.05, 4.69) is 16.3 Å². The molecule has 0 saturated carbocycles. The number of aryl methyl sites for hydroxylation is 2. The molecule has 0 spiro atoms. The van der Waals surface area contributed by atoms with E-state index in [1.807, 2.05) is 38.1 Å². The summed E-state index contributed by atoms with van der Waals surface area (Å²) in [6, 6.07) is 20.2. The van der Waals surface area contributed by atoms with Crippen LogP contribution in [0.25, 0.3) is 0 Å². The molecule has 0 radical (unpaired) electrons. The van der Waals surface area contributed by atoms with Crippen LogP contribution in [0.2, 0.25) is 0 Å². The maximum Gasteiger partial charge on any atom is 0.264 e.